The first kappa shape index (κ1) is 33.7. The monoisotopic (exact) mass is 746 g/mol. The van der Waals surface area contributed by atoms with Crippen molar-refractivity contribution in [2.45, 2.75) is 50.2 Å². The van der Waals surface area contributed by atoms with Crippen LogP contribution >= 0.6 is 0 Å². The molecule has 1 aliphatic heterocycles. The van der Waals surface area contributed by atoms with E-state index in [0.29, 0.717) is 12.0 Å². The maximum atomic E-state index is 6.77. The van der Waals surface area contributed by atoms with Crippen LogP contribution in [0.1, 0.15) is 49.3 Å². The third-order valence-electron chi connectivity index (χ3n) is 13.6. The van der Waals surface area contributed by atoms with E-state index in [1.54, 1.807) is 12.4 Å². The van der Waals surface area contributed by atoms with Gasteiger partial charge in [-0.2, -0.15) is 0 Å². The summed E-state index contributed by atoms with van der Waals surface area (Å²) >= 11 is 0. The second-order valence-corrected chi connectivity index (χ2v) is 17.1. The van der Waals surface area contributed by atoms with Gasteiger partial charge in [-0.05, 0) is 109 Å². The van der Waals surface area contributed by atoms with Crippen molar-refractivity contribution in [1.29, 1.82) is 0 Å². The van der Waals surface area contributed by atoms with E-state index in [-0.39, 0.29) is 17.4 Å². The Labute approximate surface area is 339 Å². The Balaban J connectivity index is 0.835. The molecule has 1 aromatic heterocycles. The summed E-state index contributed by atoms with van der Waals surface area (Å²) in [6.07, 6.45) is 17.9. The van der Waals surface area contributed by atoms with Gasteiger partial charge in [0.1, 0.15) is 0 Å². The van der Waals surface area contributed by atoms with E-state index >= 15 is 0 Å². The Morgan fingerprint density at radius 2 is 1.19 bits per heavy atom. The van der Waals surface area contributed by atoms with Gasteiger partial charge < -0.3 is 4.74 Å². The van der Waals surface area contributed by atoms with Crippen LogP contribution in [0, 0.1) is 5.92 Å². The molecule has 12 rings (SSSR count). The quantitative estimate of drug-likeness (QED) is 0.133. The van der Waals surface area contributed by atoms with E-state index < -0.39 is 0 Å². The van der Waals surface area contributed by atoms with E-state index in [4.69, 9.17) is 14.7 Å². The Hall–Kier alpha value is -6.42. The van der Waals surface area contributed by atoms with Crippen LogP contribution in [-0.2, 0) is 10.2 Å². The number of nitrogens with zero attached hydrogens (tertiary/aromatic N) is 2. The molecule has 0 bridgehead atoms. The van der Waals surface area contributed by atoms with Crippen LogP contribution in [0.5, 0.6) is 0 Å². The van der Waals surface area contributed by atoms with E-state index in [0.717, 1.165) is 34.6 Å². The summed E-state index contributed by atoms with van der Waals surface area (Å²) in [6, 6.07) is 47.5. The molecular formula is C55H42N2O. The first-order chi connectivity index (χ1) is 28.5. The Morgan fingerprint density at radius 1 is 0.552 bits per heavy atom. The molecule has 0 radical (unpaired) electrons. The normalized spacial score (nSPS) is 21.2. The number of hydrogen-bond acceptors (Lipinski definition) is 3. The van der Waals surface area contributed by atoms with E-state index in [1.165, 1.54) is 77.5 Å². The molecule has 3 aliphatic carbocycles. The maximum Gasteiger partial charge on any atom is 0.0971 e. The molecule has 0 amide bonds. The number of allylic oxidation sites excluding steroid dienone is 3. The van der Waals surface area contributed by atoms with E-state index in [1.807, 2.05) is 0 Å². The summed E-state index contributed by atoms with van der Waals surface area (Å²) in [5.41, 5.74) is 17.3. The molecule has 4 atom stereocenters. The number of aromatic nitrogens is 2. The summed E-state index contributed by atoms with van der Waals surface area (Å²) in [7, 11) is 0. The summed E-state index contributed by atoms with van der Waals surface area (Å²) < 4.78 is 6.77. The van der Waals surface area contributed by atoms with E-state index in [9.17, 15) is 0 Å². The van der Waals surface area contributed by atoms with Crippen LogP contribution in [0.4, 0.5) is 0 Å². The highest BCUT2D eigenvalue weighted by molar-refractivity contribution is 6.23. The highest BCUT2D eigenvalue weighted by Crippen LogP contribution is 2.52. The number of benzene rings is 7. The van der Waals surface area contributed by atoms with Crippen molar-refractivity contribution >= 4 is 32.6 Å². The summed E-state index contributed by atoms with van der Waals surface area (Å²) in [6.45, 7) is 4.79. The average Bonchev–Trinajstić information content (AvgIpc) is 3.78. The minimum atomic E-state index is -0.121. The fourth-order valence-electron chi connectivity index (χ4n) is 10.6. The van der Waals surface area contributed by atoms with Crippen molar-refractivity contribution in [3.8, 4) is 44.5 Å². The lowest BCUT2D eigenvalue weighted by Crippen LogP contribution is -2.22. The molecule has 2 heterocycles. The van der Waals surface area contributed by atoms with Crippen LogP contribution in [0.3, 0.4) is 0 Å². The third kappa shape index (κ3) is 5.09. The fraction of sp³-hybridized carbons (Fsp3) is 0.164. The number of rotatable bonds is 4. The first-order valence-electron chi connectivity index (χ1n) is 20.8. The fourth-order valence-corrected chi connectivity index (χ4v) is 10.6. The zero-order valence-electron chi connectivity index (χ0n) is 32.7. The second-order valence-electron chi connectivity index (χ2n) is 17.1. The molecule has 3 nitrogen and oxygen atoms in total. The van der Waals surface area contributed by atoms with Crippen molar-refractivity contribution in [3.05, 3.63) is 192 Å². The molecule has 3 heteroatoms. The number of ether oxygens (including phenoxy) is 1. The van der Waals surface area contributed by atoms with Crippen molar-refractivity contribution in [1.82, 2.24) is 9.97 Å². The topological polar surface area (TPSA) is 35.0 Å². The third-order valence-corrected chi connectivity index (χ3v) is 13.6. The van der Waals surface area contributed by atoms with Gasteiger partial charge in [-0.3, -0.25) is 9.97 Å². The number of hydrogen-bond donors (Lipinski definition) is 0. The molecule has 0 saturated carbocycles. The Bertz CT molecular complexity index is 3060. The molecule has 7 aromatic carbocycles. The molecule has 0 N–H and O–H groups in total. The van der Waals surface area contributed by atoms with Gasteiger partial charge in [-0.15, -0.1) is 0 Å². The highest BCUT2D eigenvalue weighted by atomic mass is 16.5. The lowest BCUT2D eigenvalue weighted by atomic mass is 9.77. The van der Waals surface area contributed by atoms with Gasteiger partial charge >= 0.3 is 0 Å². The molecular weight excluding hydrogens is 705 g/mol. The van der Waals surface area contributed by atoms with Gasteiger partial charge in [-0.25, -0.2) is 0 Å². The summed E-state index contributed by atoms with van der Waals surface area (Å²) in [5, 5.41) is 4.66. The Kier molecular flexibility index (Phi) is 7.43. The minimum Gasteiger partial charge on any atom is -0.369 e. The molecule has 8 aromatic rings. The van der Waals surface area contributed by atoms with Crippen LogP contribution < -0.4 is 0 Å². The lowest BCUT2D eigenvalue weighted by Gasteiger charge is -2.27. The van der Waals surface area contributed by atoms with Crippen molar-refractivity contribution < 1.29 is 4.74 Å². The smallest absolute Gasteiger partial charge is 0.0971 e. The molecule has 1 fully saturated rings. The van der Waals surface area contributed by atoms with Crippen molar-refractivity contribution in [2.75, 3.05) is 0 Å². The van der Waals surface area contributed by atoms with Crippen LogP contribution in [-0.4, -0.2) is 22.2 Å². The molecule has 58 heavy (non-hydrogen) atoms. The Morgan fingerprint density at radius 3 is 1.98 bits per heavy atom. The highest BCUT2D eigenvalue weighted by Gasteiger charge is 2.44. The van der Waals surface area contributed by atoms with Crippen LogP contribution in [0.15, 0.2) is 176 Å². The second kappa shape index (κ2) is 12.8. The van der Waals surface area contributed by atoms with Gasteiger partial charge in [0.25, 0.3) is 0 Å². The predicted molar refractivity (Wildman–Crippen MR) is 239 cm³/mol. The van der Waals surface area contributed by atoms with Gasteiger partial charge in [0, 0.05) is 40.4 Å². The molecule has 0 spiro atoms. The zero-order chi connectivity index (χ0) is 38.5. The van der Waals surface area contributed by atoms with Gasteiger partial charge in [-0.1, -0.05) is 153 Å². The van der Waals surface area contributed by atoms with Gasteiger partial charge in [0.2, 0.25) is 0 Å². The number of fused-ring (bicyclic) bond motifs is 12. The average molecular weight is 747 g/mol. The van der Waals surface area contributed by atoms with Crippen LogP contribution in [0.2, 0.25) is 0 Å². The summed E-state index contributed by atoms with van der Waals surface area (Å²) in [5.74, 6) is 0.660. The predicted octanol–water partition coefficient (Wildman–Crippen LogP) is 13.6. The molecule has 4 aliphatic rings. The lowest BCUT2D eigenvalue weighted by molar-refractivity contribution is 0.0303. The zero-order valence-corrected chi connectivity index (χ0v) is 32.7. The minimum absolute atomic E-state index is 0.121. The van der Waals surface area contributed by atoms with Crippen LogP contribution in [0.25, 0.3) is 77.1 Å². The van der Waals surface area contributed by atoms with Gasteiger partial charge in [0.05, 0.1) is 23.2 Å². The largest absolute Gasteiger partial charge is 0.369 e. The maximum absolute atomic E-state index is 6.77. The SMILES string of the molecule is CC1(C)c2cc(-c3cccc(-c4ccc(-c5ccc6c(c5)c5ccccc5c5nccnc65)cc4)c3)ccc2-c2ccc(C3C=CC=C4C5C=CCCC5OC43)cc21. The van der Waals surface area contributed by atoms with Crippen molar-refractivity contribution in [3.63, 3.8) is 0 Å². The standard InChI is InChI=1S/C55H42N2O/c1-55(2)49-31-38(21-24-42(49)43-25-23-39(32-50(43)55)40-14-8-15-47-44-12-5-6-16-51(44)58-54(40)47)36-10-7-9-35(29-36)33-17-19-34(20-18-33)37-22-26-46-48(30-37)41-11-3-4-13-45(41)52-53(46)57-28-27-56-52/h3-5,7-15,17-32,40,44,51,54H,6,16H2,1-2H3. The van der Waals surface area contributed by atoms with Crippen molar-refractivity contribution in [2.24, 2.45) is 5.92 Å². The first-order valence-corrected chi connectivity index (χ1v) is 20.8. The van der Waals surface area contributed by atoms with E-state index in [2.05, 4.69) is 172 Å². The molecule has 278 valence electrons. The molecule has 4 unspecified atom stereocenters. The van der Waals surface area contributed by atoms with Gasteiger partial charge in [0.15, 0.2) is 0 Å². The summed E-state index contributed by atoms with van der Waals surface area (Å²) in [4.78, 5) is 9.43. The molecule has 1 saturated heterocycles.